The van der Waals surface area contributed by atoms with Crippen molar-refractivity contribution in [2.24, 2.45) is 0 Å². The summed E-state index contributed by atoms with van der Waals surface area (Å²) in [6.45, 7) is 8.97. The normalized spacial score (nSPS) is 16.1. The number of benzene rings is 2. The summed E-state index contributed by atoms with van der Waals surface area (Å²) >= 11 is 0. The summed E-state index contributed by atoms with van der Waals surface area (Å²) in [5, 5.41) is 5.74. The fourth-order valence-corrected chi connectivity index (χ4v) is 3.63. The van der Waals surface area contributed by atoms with Crippen LogP contribution in [0.15, 0.2) is 42.5 Å². The molecule has 0 bridgehead atoms. The number of rotatable bonds is 6. The van der Waals surface area contributed by atoms with Gasteiger partial charge in [-0.3, -0.25) is 19.4 Å². The molecule has 0 saturated carbocycles. The van der Waals surface area contributed by atoms with Crippen LogP contribution in [0.2, 0.25) is 0 Å². The van der Waals surface area contributed by atoms with Crippen LogP contribution in [0.1, 0.15) is 18.1 Å². The third-order valence-corrected chi connectivity index (χ3v) is 5.45. The minimum Gasteiger partial charge on any atom is -0.325 e. The second-order valence-electron chi connectivity index (χ2n) is 7.85. The lowest BCUT2D eigenvalue weighted by molar-refractivity contribution is -0.122. The van der Waals surface area contributed by atoms with E-state index in [0.29, 0.717) is 38.4 Å². The van der Waals surface area contributed by atoms with E-state index in [-0.39, 0.29) is 23.7 Å². The molecule has 1 atom stereocenters. The van der Waals surface area contributed by atoms with Crippen molar-refractivity contribution in [2.75, 3.05) is 43.4 Å². The van der Waals surface area contributed by atoms with E-state index < -0.39 is 0 Å². The fourth-order valence-electron chi connectivity index (χ4n) is 3.63. The summed E-state index contributed by atoms with van der Waals surface area (Å²) in [5.74, 6) is -0.581. The highest BCUT2D eigenvalue weighted by molar-refractivity contribution is 5.94. The molecule has 7 heteroatoms. The molecule has 30 heavy (non-hydrogen) atoms. The lowest BCUT2D eigenvalue weighted by Gasteiger charge is -2.37. The van der Waals surface area contributed by atoms with Gasteiger partial charge in [0.2, 0.25) is 11.8 Å². The van der Waals surface area contributed by atoms with Gasteiger partial charge in [0.25, 0.3) is 0 Å². The zero-order chi connectivity index (χ0) is 21.7. The van der Waals surface area contributed by atoms with Gasteiger partial charge in [0.15, 0.2) is 0 Å². The second-order valence-corrected chi connectivity index (χ2v) is 7.85. The van der Waals surface area contributed by atoms with Crippen LogP contribution in [0, 0.1) is 19.7 Å². The van der Waals surface area contributed by atoms with Crippen molar-refractivity contribution in [3.63, 3.8) is 0 Å². The number of halogens is 1. The Morgan fingerprint density at radius 1 is 1.03 bits per heavy atom. The number of hydrogen-bond acceptors (Lipinski definition) is 4. The quantitative estimate of drug-likeness (QED) is 0.766. The first-order valence-corrected chi connectivity index (χ1v) is 10.2. The first kappa shape index (κ1) is 21.9. The lowest BCUT2D eigenvalue weighted by Crippen LogP contribution is -2.53. The Bertz CT molecular complexity index is 910. The minimum absolute atomic E-state index is 0.0349. The molecule has 160 valence electrons. The fraction of sp³-hybridized carbons (Fsp3) is 0.391. The molecule has 1 fully saturated rings. The molecule has 2 N–H and O–H groups in total. The van der Waals surface area contributed by atoms with E-state index in [4.69, 9.17) is 0 Å². The van der Waals surface area contributed by atoms with E-state index in [2.05, 4.69) is 20.4 Å². The highest BCUT2D eigenvalue weighted by atomic mass is 19.1. The standard InChI is InChI=1S/C23H29FN4O2/c1-16-7-8-21(17(2)13-16)26-22(29)15-27-9-11-28(12-10-27)18(3)23(30)25-20-6-4-5-19(24)14-20/h4-8,13-14,18H,9-12,15H2,1-3H3,(H,25,30)(H,26,29). The number of amides is 2. The summed E-state index contributed by atoms with van der Waals surface area (Å²) in [5.41, 5.74) is 3.50. The Hall–Kier alpha value is -2.77. The molecular formula is C23H29FN4O2. The van der Waals surface area contributed by atoms with Gasteiger partial charge in [0.1, 0.15) is 5.82 Å². The molecule has 1 aliphatic heterocycles. The SMILES string of the molecule is Cc1ccc(NC(=O)CN2CCN(C(C)C(=O)Nc3cccc(F)c3)CC2)c(C)c1. The van der Waals surface area contributed by atoms with Crippen molar-refractivity contribution in [2.45, 2.75) is 26.8 Å². The average Bonchev–Trinajstić information content (AvgIpc) is 2.70. The molecule has 2 amide bonds. The van der Waals surface area contributed by atoms with Gasteiger partial charge >= 0.3 is 0 Å². The van der Waals surface area contributed by atoms with Gasteiger partial charge in [-0.25, -0.2) is 4.39 Å². The molecular weight excluding hydrogens is 383 g/mol. The van der Waals surface area contributed by atoms with Crippen molar-refractivity contribution >= 4 is 23.2 Å². The molecule has 2 aromatic rings. The first-order valence-electron chi connectivity index (χ1n) is 10.2. The number of nitrogens with one attached hydrogen (secondary N) is 2. The Kier molecular flexibility index (Phi) is 7.18. The van der Waals surface area contributed by atoms with Gasteiger partial charge in [0.05, 0.1) is 12.6 Å². The molecule has 1 heterocycles. The van der Waals surface area contributed by atoms with Crippen molar-refractivity contribution in [1.82, 2.24) is 9.80 Å². The predicted molar refractivity (Wildman–Crippen MR) is 117 cm³/mol. The van der Waals surface area contributed by atoms with Crippen LogP contribution < -0.4 is 10.6 Å². The van der Waals surface area contributed by atoms with E-state index in [1.807, 2.05) is 39.0 Å². The highest BCUT2D eigenvalue weighted by Gasteiger charge is 2.26. The smallest absolute Gasteiger partial charge is 0.241 e. The maximum atomic E-state index is 13.3. The van der Waals surface area contributed by atoms with Crippen LogP contribution >= 0.6 is 0 Å². The predicted octanol–water partition coefficient (Wildman–Crippen LogP) is 3.03. The van der Waals surface area contributed by atoms with E-state index in [1.54, 1.807) is 12.1 Å². The Morgan fingerprint density at radius 3 is 2.43 bits per heavy atom. The molecule has 0 aromatic heterocycles. The largest absolute Gasteiger partial charge is 0.325 e. The summed E-state index contributed by atoms with van der Waals surface area (Å²) in [4.78, 5) is 29.1. The number of nitrogens with zero attached hydrogens (tertiary/aromatic N) is 2. The minimum atomic E-state index is -0.381. The maximum absolute atomic E-state index is 13.3. The van der Waals surface area contributed by atoms with Crippen LogP contribution in [0.3, 0.4) is 0 Å². The number of carbonyl (C=O) groups is 2. The van der Waals surface area contributed by atoms with Gasteiger partial charge in [-0.15, -0.1) is 0 Å². The van der Waals surface area contributed by atoms with Crippen LogP contribution in [-0.4, -0.2) is 60.4 Å². The number of piperazine rings is 1. The van der Waals surface area contributed by atoms with Gasteiger partial charge in [-0.2, -0.15) is 0 Å². The highest BCUT2D eigenvalue weighted by Crippen LogP contribution is 2.16. The summed E-state index contributed by atoms with van der Waals surface area (Å²) in [6, 6.07) is 11.5. The monoisotopic (exact) mass is 412 g/mol. The van der Waals surface area contributed by atoms with Crippen molar-refractivity contribution in [3.05, 3.63) is 59.4 Å². The Balaban J connectivity index is 1.45. The average molecular weight is 413 g/mol. The number of hydrogen-bond donors (Lipinski definition) is 2. The van der Waals surface area contributed by atoms with Crippen LogP contribution in [-0.2, 0) is 9.59 Å². The molecule has 2 aromatic carbocycles. The third-order valence-electron chi connectivity index (χ3n) is 5.45. The van der Waals surface area contributed by atoms with Crippen LogP contribution in [0.4, 0.5) is 15.8 Å². The molecule has 0 aliphatic carbocycles. The summed E-state index contributed by atoms with van der Waals surface area (Å²) < 4.78 is 13.3. The lowest BCUT2D eigenvalue weighted by atomic mass is 10.1. The van der Waals surface area contributed by atoms with E-state index in [1.165, 1.54) is 12.1 Å². The van der Waals surface area contributed by atoms with Gasteiger partial charge in [-0.1, -0.05) is 23.8 Å². The maximum Gasteiger partial charge on any atom is 0.241 e. The summed E-state index contributed by atoms with van der Waals surface area (Å²) in [6.07, 6.45) is 0. The van der Waals surface area contributed by atoms with Crippen molar-refractivity contribution in [3.8, 4) is 0 Å². The Labute approximate surface area is 177 Å². The van der Waals surface area contributed by atoms with Gasteiger partial charge in [-0.05, 0) is 50.6 Å². The number of carbonyl (C=O) groups excluding carboxylic acids is 2. The molecule has 3 rings (SSSR count). The number of aryl methyl sites for hydroxylation is 2. The molecule has 0 spiro atoms. The third kappa shape index (κ3) is 5.87. The molecule has 1 saturated heterocycles. The molecule has 0 radical (unpaired) electrons. The zero-order valence-electron chi connectivity index (χ0n) is 17.7. The van der Waals surface area contributed by atoms with Crippen LogP contribution in [0.5, 0.6) is 0 Å². The van der Waals surface area contributed by atoms with Gasteiger partial charge in [0, 0.05) is 37.6 Å². The Morgan fingerprint density at radius 2 is 1.77 bits per heavy atom. The van der Waals surface area contributed by atoms with E-state index >= 15 is 0 Å². The van der Waals surface area contributed by atoms with E-state index in [9.17, 15) is 14.0 Å². The summed E-state index contributed by atoms with van der Waals surface area (Å²) in [7, 11) is 0. The first-order chi connectivity index (χ1) is 14.3. The topological polar surface area (TPSA) is 64.7 Å². The van der Waals surface area contributed by atoms with Crippen LogP contribution in [0.25, 0.3) is 0 Å². The molecule has 1 aliphatic rings. The van der Waals surface area contributed by atoms with Crippen molar-refractivity contribution < 1.29 is 14.0 Å². The van der Waals surface area contributed by atoms with Gasteiger partial charge < -0.3 is 10.6 Å². The van der Waals surface area contributed by atoms with Crippen molar-refractivity contribution in [1.29, 1.82) is 0 Å². The second kappa shape index (κ2) is 9.82. The van der Waals surface area contributed by atoms with E-state index in [0.717, 1.165) is 16.8 Å². The molecule has 1 unspecified atom stereocenters. The number of anilines is 2. The molecule has 6 nitrogen and oxygen atoms in total. The zero-order valence-corrected chi connectivity index (χ0v) is 17.7.